The maximum Gasteiger partial charge on any atom is 0.192 e. The van der Waals surface area contributed by atoms with E-state index >= 15 is 0 Å². The zero-order valence-electron chi connectivity index (χ0n) is 9.86. The third kappa shape index (κ3) is 3.20. The van der Waals surface area contributed by atoms with E-state index in [1.54, 1.807) is 14.2 Å². The number of hydrogen-bond acceptors (Lipinski definition) is 4. The summed E-state index contributed by atoms with van der Waals surface area (Å²) in [5.74, 6) is -0.152. The fourth-order valence-corrected chi connectivity index (χ4v) is 3.26. The maximum atomic E-state index is 5.56. The van der Waals surface area contributed by atoms with Crippen LogP contribution >= 0.6 is 12.6 Å². The first-order valence-electron chi connectivity index (χ1n) is 5.46. The zero-order valence-corrected chi connectivity index (χ0v) is 12.8. The van der Waals surface area contributed by atoms with Crippen molar-refractivity contribution in [1.29, 1.82) is 0 Å². The zero-order chi connectivity index (χ0) is 11.3. The number of ether oxygens (including phenoxy) is 2. The van der Waals surface area contributed by atoms with Crippen LogP contribution in [0.1, 0.15) is 25.7 Å². The molecule has 1 aliphatic carbocycles. The molecule has 0 amide bonds. The van der Waals surface area contributed by atoms with Crippen molar-refractivity contribution in [3.63, 3.8) is 0 Å². The van der Waals surface area contributed by atoms with Crippen LogP contribution in [0.5, 0.6) is 0 Å². The highest BCUT2D eigenvalue weighted by molar-refractivity contribution is 7.80. The van der Waals surface area contributed by atoms with Crippen molar-refractivity contribution >= 4 is 23.1 Å². The molecule has 1 aliphatic rings. The third-order valence-corrected chi connectivity index (χ3v) is 4.06. The van der Waals surface area contributed by atoms with Crippen LogP contribution < -0.4 is 0 Å². The van der Waals surface area contributed by atoms with Gasteiger partial charge in [-0.3, -0.25) is 0 Å². The van der Waals surface area contributed by atoms with Crippen molar-refractivity contribution in [1.82, 2.24) is 0 Å². The Morgan fingerprint density at radius 1 is 1.33 bits per heavy atom. The Bertz CT molecular complexity index is 188. The molecule has 0 heterocycles. The lowest BCUT2D eigenvalue weighted by molar-refractivity contribution is -0.258. The van der Waals surface area contributed by atoms with Gasteiger partial charge in [-0.1, -0.05) is 6.42 Å². The minimum absolute atomic E-state index is 0.401. The summed E-state index contributed by atoms with van der Waals surface area (Å²) in [6.07, 6.45) is 4.60. The van der Waals surface area contributed by atoms with Crippen LogP contribution in [0.4, 0.5) is 0 Å². The molecule has 0 spiro atoms. The predicted octanol–water partition coefficient (Wildman–Crippen LogP) is 0.761. The van der Waals surface area contributed by atoms with E-state index in [9.17, 15) is 0 Å². The molecule has 0 bridgehead atoms. The topological polar surface area (TPSA) is 27.7 Å². The first-order chi connectivity index (χ1) is 7.18. The maximum absolute atomic E-state index is 5.56. The minimum Gasteiger partial charge on any atom is -0.422 e. The molecule has 0 saturated heterocycles. The lowest BCUT2D eigenvalue weighted by Gasteiger charge is -2.41. The Morgan fingerprint density at radius 2 is 2.00 bits per heavy atom. The molecule has 0 aromatic carbocycles. The molecule has 5 heteroatoms. The van der Waals surface area contributed by atoms with Crippen molar-refractivity contribution in [2.75, 3.05) is 20.8 Å². The molecule has 1 fully saturated rings. The van der Waals surface area contributed by atoms with Crippen molar-refractivity contribution < 1.29 is 13.9 Å². The van der Waals surface area contributed by atoms with Crippen molar-refractivity contribution in [3.05, 3.63) is 0 Å². The van der Waals surface area contributed by atoms with E-state index in [0.29, 0.717) is 28.3 Å². The SMILES string of the molecule is COC(CO[SiH3])(OC)C1CCCC(S)C1. The van der Waals surface area contributed by atoms with Gasteiger partial charge in [-0.05, 0) is 19.3 Å². The van der Waals surface area contributed by atoms with Crippen LogP contribution in [-0.4, -0.2) is 42.3 Å². The predicted molar refractivity (Wildman–Crippen MR) is 67.4 cm³/mol. The molecule has 2 unspecified atom stereocenters. The van der Waals surface area contributed by atoms with Gasteiger partial charge < -0.3 is 13.9 Å². The molecule has 1 rings (SSSR count). The van der Waals surface area contributed by atoms with Gasteiger partial charge >= 0.3 is 0 Å². The Kier molecular flexibility index (Phi) is 5.63. The van der Waals surface area contributed by atoms with E-state index in [-0.39, 0.29) is 0 Å². The van der Waals surface area contributed by atoms with Gasteiger partial charge in [-0.15, -0.1) is 0 Å². The van der Waals surface area contributed by atoms with Gasteiger partial charge in [0, 0.05) is 25.4 Å². The van der Waals surface area contributed by atoms with Crippen molar-refractivity contribution in [2.24, 2.45) is 5.92 Å². The normalized spacial score (nSPS) is 28.2. The van der Waals surface area contributed by atoms with Gasteiger partial charge in [0.2, 0.25) is 0 Å². The van der Waals surface area contributed by atoms with Crippen molar-refractivity contribution in [2.45, 2.75) is 36.7 Å². The quantitative estimate of drug-likeness (QED) is 0.443. The second-order valence-corrected chi connectivity index (χ2v) is 5.48. The smallest absolute Gasteiger partial charge is 0.192 e. The van der Waals surface area contributed by atoms with Gasteiger partial charge in [-0.2, -0.15) is 12.6 Å². The van der Waals surface area contributed by atoms with E-state index in [1.807, 2.05) is 0 Å². The molecule has 0 N–H and O–H groups in total. The summed E-state index contributed by atoms with van der Waals surface area (Å²) in [5, 5.41) is 0.475. The molecular formula is C10H22O3SSi. The highest BCUT2D eigenvalue weighted by Crippen LogP contribution is 2.37. The summed E-state index contributed by atoms with van der Waals surface area (Å²) in [6, 6.07) is 0. The molecule has 2 atom stereocenters. The van der Waals surface area contributed by atoms with Crippen LogP contribution in [0.3, 0.4) is 0 Å². The number of methoxy groups -OCH3 is 2. The number of thiol groups is 1. The standard InChI is InChI=1S/C10H22O3SSi/c1-11-10(12-2,7-13-15)8-4-3-5-9(14)6-8/h8-9,14H,3-7H2,1-2,15H3. The Labute approximate surface area is 101 Å². The molecule has 0 aliphatic heterocycles. The summed E-state index contributed by atoms with van der Waals surface area (Å²) < 4.78 is 16.5. The summed E-state index contributed by atoms with van der Waals surface area (Å²) >= 11 is 4.56. The summed E-state index contributed by atoms with van der Waals surface area (Å²) in [7, 11) is 4.12. The second kappa shape index (κ2) is 6.25. The van der Waals surface area contributed by atoms with Gasteiger partial charge in [-0.25, -0.2) is 0 Å². The van der Waals surface area contributed by atoms with Gasteiger partial charge in [0.25, 0.3) is 0 Å². The van der Waals surface area contributed by atoms with Crippen LogP contribution in [0.15, 0.2) is 0 Å². The second-order valence-electron chi connectivity index (χ2n) is 4.17. The molecule has 3 nitrogen and oxygen atoms in total. The summed E-state index contributed by atoms with van der Waals surface area (Å²) in [4.78, 5) is 0. The molecule has 0 aromatic rings. The molecule has 90 valence electrons. The van der Waals surface area contributed by atoms with E-state index in [2.05, 4.69) is 12.6 Å². The van der Waals surface area contributed by atoms with Crippen LogP contribution in [-0.2, 0) is 13.9 Å². The molecule has 0 aromatic heterocycles. The fraction of sp³-hybridized carbons (Fsp3) is 1.00. The average Bonchev–Trinajstić information content (AvgIpc) is 2.26. The lowest BCUT2D eigenvalue weighted by atomic mass is 9.83. The van der Waals surface area contributed by atoms with Crippen molar-refractivity contribution in [3.8, 4) is 0 Å². The Balaban J connectivity index is 2.68. The Morgan fingerprint density at radius 3 is 2.47 bits per heavy atom. The molecule has 15 heavy (non-hydrogen) atoms. The van der Waals surface area contributed by atoms with Gasteiger partial charge in [0.15, 0.2) is 5.79 Å². The largest absolute Gasteiger partial charge is 0.422 e. The number of hydrogen-bond donors (Lipinski definition) is 1. The monoisotopic (exact) mass is 250 g/mol. The van der Waals surface area contributed by atoms with E-state index < -0.39 is 5.79 Å². The first kappa shape index (κ1) is 13.5. The highest BCUT2D eigenvalue weighted by Gasteiger charge is 2.41. The molecule has 0 radical (unpaired) electrons. The fourth-order valence-electron chi connectivity index (χ4n) is 2.42. The van der Waals surface area contributed by atoms with Gasteiger partial charge in [0.1, 0.15) is 10.5 Å². The van der Waals surface area contributed by atoms with Crippen LogP contribution in [0, 0.1) is 5.92 Å². The lowest BCUT2D eigenvalue weighted by Crippen LogP contribution is -2.48. The Hall–Kier alpha value is 0.447. The highest BCUT2D eigenvalue weighted by atomic mass is 32.1. The number of rotatable bonds is 5. The average molecular weight is 250 g/mol. The summed E-state index contributed by atoms with van der Waals surface area (Å²) in [5.41, 5.74) is 0. The van der Waals surface area contributed by atoms with E-state index in [0.717, 1.165) is 12.8 Å². The van der Waals surface area contributed by atoms with E-state index in [4.69, 9.17) is 13.9 Å². The third-order valence-electron chi connectivity index (χ3n) is 3.31. The first-order valence-corrected chi connectivity index (χ1v) is 6.79. The molecular weight excluding hydrogens is 228 g/mol. The molecule has 1 saturated carbocycles. The van der Waals surface area contributed by atoms with Crippen LogP contribution in [0.2, 0.25) is 0 Å². The minimum atomic E-state index is -0.552. The summed E-state index contributed by atoms with van der Waals surface area (Å²) in [6.45, 7) is 0.539. The van der Waals surface area contributed by atoms with Crippen LogP contribution in [0.25, 0.3) is 0 Å². The van der Waals surface area contributed by atoms with Gasteiger partial charge in [0.05, 0.1) is 6.61 Å². The van der Waals surface area contributed by atoms with E-state index in [1.165, 1.54) is 12.8 Å².